The van der Waals surface area contributed by atoms with Crippen molar-refractivity contribution in [2.45, 2.75) is 25.4 Å². The lowest BCUT2D eigenvalue weighted by Crippen LogP contribution is -2.40. The van der Waals surface area contributed by atoms with Crippen molar-refractivity contribution in [2.75, 3.05) is 19.8 Å². The van der Waals surface area contributed by atoms with Crippen molar-refractivity contribution < 1.29 is 29.3 Å². The van der Waals surface area contributed by atoms with E-state index in [1.165, 1.54) is 6.20 Å². The van der Waals surface area contributed by atoms with Crippen molar-refractivity contribution in [3.05, 3.63) is 63.6 Å². The molecular weight excluding hydrogens is 406 g/mol. The fraction of sp³-hybridized carbons (Fsp3) is 0.333. The molecule has 0 saturated carbocycles. The van der Waals surface area contributed by atoms with Gasteiger partial charge in [-0.05, 0) is 18.4 Å². The summed E-state index contributed by atoms with van der Waals surface area (Å²) >= 11 is 0. The molecule has 2 amide bonds. The van der Waals surface area contributed by atoms with Gasteiger partial charge in [0, 0.05) is 25.5 Å². The third kappa shape index (κ3) is 5.48. The van der Waals surface area contributed by atoms with Crippen LogP contribution in [-0.2, 0) is 16.1 Å². The fourth-order valence-electron chi connectivity index (χ4n) is 3.27. The molecule has 1 saturated heterocycles. The lowest BCUT2D eigenvalue weighted by molar-refractivity contribution is -0.135. The molecule has 0 spiro atoms. The molecule has 1 aromatic carbocycles. The van der Waals surface area contributed by atoms with Crippen LogP contribution in [0.5, 0.6) is 5.75 Å². The molecule has 31 heavy (non-hydrogen) atoms. The maximum absolute atomic E-state index is 12.9. The summed E-state index contributed by atoms with van der Waals surface area (Å²) in [4.78, 5) is 49.0. The van der Waals surface area contributed by atoms with E-state index in [2.05, 4.69) is 10.6 Å². The molecule has 10 heteroatoms. The van der Waals surface area contributed by atoms with Gasteiger partial charge >= 0.3 is 5.97 Å². The van der Waals surface area contributed by atoms with E-state index in [1.54, 1.807) is 30.3 Å². The standard InChI is InChI=1S/C21H23N3O7/c25-16(26)10-22-20(29)17-18(27)15(19(28)23-14-6-8-31-9-7-14)12-24(21(17)30)11-13-4-2-1-3-5-13/h1-5,12,14,27H,6-11H2,(H,22,29)(H,23,28)(H,25,26). The topological polar surface area (TPSA) is 147 Å². The zero-order valence-electron chi connectivity index (χ0n) is 16.7. The van der Waals surface area contributed by atoms with Crippen LogP contribution in [0.2, 0.25) is 0 Å². The Balaban J connectivity index is 1.99. The first-order valence-electron chi connectivity index (χ1n) is 9.75. The number of carboxylic acid groups (broad SMARTS) is 1. The average Bonchev–Trinajstić information content (AvgIpc) is 2.75. The van der Waals surface area contributed by atoms with E-state index in [1.807, 2.05) is 0 Å². The van der Waals surface area contributed by atoms with Crippen molar-refractivity contribution in [3.63, 3.8) is 0 Å². The summed E-state index contributed by atoms with van der Waals surface area (Å²) in [6.07, 6.45) is 2.40. The minimum absolute atomic E-state index is 0.0523. The molecule has 164 valence electrons. The number of rotatable bonds is 7. The quantitative estimate of drug-likeness (QED) is 0.496. The van der Waals surface area contributed by atoms with Gasteiger partial charge in [0.15, 0.2) is 0 Å². The number of amides is 2. The van der Waals surface area contributed by atoms with E-state index >= 15 is 0 Å². The van der Waals surface area contributed by atoms with Gasteiger partial charge in [-0.2, -0.15) is 0 Å². The Bertz CT molecular complexity index is 1030. The Morgan fingerprint density at radius 2 is 1.77 bits per heavy atom. The molecule has 0 bridgehead atoms. The number of carbonyl (C=O) groups excluding carboxylic acids is 2. The summed E-state index contributed by atoms with van der Waals surface area (Å²) in [5.74, 6) is -3.82. The lowest BCUT2D eigenvalue weighted by atomic mass is 10.1. The number of hydrogen-bond donors (Lipinski definition) is 4. The highest BCUT2D eigenvalue weighted by atomic mass is 16.5. The number of carbonyl (C=O) groups is 3. The predicted octanol–water partition coefficient (Wildman–Crippen LogP) is 0.325. The maximum Gasteiger partial charge on any atom is 0.322 e. The number of hydrogen-bond acceptors (Lipinski definition) is 6. The van der Waals surface area contributed by atoms with Crippen molar-refractivity contribution >= 4 is 17.8 Å². The number of aliphatic carboxylic acids is 1. The molecule has 1 fully saturated rings. The van der Waals surface area contributed by atoms with Crippen LogP contribution in [0.3, 0.4) is 0 Å². The van der Waals surface area contributed by atoms with E-state index in [-0.39, 0.29) is 18.2 Å². The van der Waals surface area contributed by atoms with E-state index in [9.17, 15) is 24.3 Å². The number of nitrogens with one attached hydrogen (secondary N) is 2. The zero-order chi connectivity index (χ0) is 22.4. The number of carboxylic acids is 1. The smallest absolute Gasteiger partial charge is 0.322 e. The van der Waals surface area contributed by atoms with E-state index < -0.39 is 41.2 Å². The summed E-state index contributed by atoms with van der Waals surface area (Å²) in [7, 11) is 0. The van der Waals surface area contributed by atoms with Crippen LogP contribution in [0.4, 0.5) is 0 Å². The van der Waals surface area contributed by atoms with Crippen molar-refractivity contribution in [1.29, 1.82) is 0 Å². The summed E-state index contributed by atoms with van der Waals surface area (Å²) in [5, 5.41) is 24.2. The summed E-state index contributed by atoms with van der Waals surface area (Å²) in [6.45, 7) is 0.298. The number of nitrogens with zero attached hydrogens (tertiary/aromatic N) is 1. The van der Waals surface area contributed by atoms with Crippen LogP contribution in [0.15, 0.2) is 41.3 Å². The van der Waals surface area contributed by atoms with Crippen LogP contribution >= 0.6 is 0 Å². The Hall–Kier alpha value is -3.66. The second-order valence-electron chi connectivity index (χ2n) is 7.12. The highest BCUT2D eigenvalue weighted by molar-refractivity contribution is 6.04. The van der Waals surface area contributed by atoms with Crippen LogP contribution in [0.1, 0.15) is 39.1 Å². The van der Waals surface area contributed by atoms with E-state index in [4.69, 9.17) is 9.84 Å². The highest BCUT2D eigenvalue weighted by Crippen LogP contribution is 2.21. The molecule has 0 atom stereocenters. The van der Waals surface area contributed by atoms with Crippen molar-refractivity contribution in [2.24, 2.45) is 0 Å². The van der Waals surface area contributed by atoms with Crippen LogP contribution in [-0.4, -0.2) is 58.4 Å². The highest BCUT2D eigenvalue weighted by Gasteiger charge is 2.27. The SMILES string of the molecule is O=C(O)CNC(=O)c1c(O)c(C(=O)NC2CCOCC2)cn(Cc2ccccc2)c1=O. The number of aromatic hydroxyl groups is 1. The van der Waals surface area contributed by atoms with Gasteiger partial charge in [0.1, 0.15) is 17.9 Å². The van der Waals surface area contributed by atoms with Crippen LogP contribution in [0, 0.1) is 0 Å². The molecule has 10 nitrogen and oxygen atoms in total. The fourth-order valence-corrected chi connectivity index (χ4v) is 3.27. The largest absolute Gasteiger partial charge is 0.506 e. The number of aromatic nitrogens is 1. The Morgan fingerprint density at radius 3 is 2.42 bits per heavy atom. The van der Waals surface area contributed by atoms with Gasteiger partial charge in [-0.15, -0.1) is 0 Å². The Labute approximate surface area is 177 Å². The zero-order valence-corrected chi connectivity index (χ0v) is 16.7. The number of benzene rings is 1. The summed E-state index contributed by atoms with van der Waals surface area (Å²) < 4.78 is 6.40. The van der Waals surface area contributed by atoms with Gasteiger partial charge in [0.05, 0.1) is 12.1 Å². The van der Waals surface area contributed by atoms with Gasteiger partial charge in [-0.1, -0.05) is 30.3 Å². The van der Waals surface area contributed by atoms with Crippen LogP contribution < -0.4 is 16.2 Å². The molecule has 1 aromatic heterocycles. The van der Waals surface area contributed by atoms with E-state index in [0.717, 1.165) is 10.1 Å². The third-order valence-electron chi connectivity index (χ3n) is 4.88. The first-order valence-corrected chi connectivity index (χ1v) is 9.75. The molecule has 3 rings (SSSR count). The molecular formula is C21H23N3O7. The normalized spacial score (nSPS) is 14.1. The first kappa shape index (κ1) is 22.0. The third-order valence-corrected chi connectivity index (χ3v) is 4.88. The van der Waals surface area contributed by atoms with Crippen molar-refractivity contribution in [1.82, 2.24) is 15.2 Å². The first-order chi connectivity index (χ1) is 14.9. The van der Waals surface area contributed by atoms with Gasteiger partial charge in [-0.3, -0.25) is 19.2 Å². The molecule has 2 aromatic rings. The molecule has 1 aliphatic rings. The van der Waals surface area contributed by atoms with Gasteiger partial charge in [0.2, 0.25) is 0 Å². The Kier molecular flexibility index (Phi) is 7.03. The van der Waals surface area contributed by atoms with Gasteiger partial charge < -0.3 is 30.2 Å². The maximum atomic E-state index is 12.9. The van der Waals surface area contributed by atoms with Crippen molar-refractivity contribution in [3.8, 4) is 5.75 Å². The Morgan fingerprint density at radius 1 is 1.10 bits per heavy atom. The monoisotopic (exact) mass is 429 g/mol. The predicted molar refractivity (Wildman–Crippen MR) is 109 cm³/mol. The number of pyridine rings is 1. The second kappa shape index (κ2) is 9.90. The molecule has 0 unspecified atom stereocenters. The summed E-state index contributed by atoms with van der Waals surface area (Å²) in [6, 6.07) is 8.73. The average molecular weight is 429 g/mol. The lowest BCUT2D eigenvalue weighted by Gasteiger charge is -2.23. The number of ether oxygens (including phenoxy) is 1. The van der Waals surface area contributed by atoms with Gasteiger partial charge in [-0.25, -0.2) is 0 Å². The molecule has 0 aliphatic carbocycles. The molecule has 0 radical (unpaired) electrons. The minimum atomic E-state index is -1.31. The van der Waals surface area contributed by atoms with E-state index in [0.29, 0.717) is 26.1 Å². The van der Waals surface area contributed by atoms with Gasteiger partial charge in [0.25, 0.3) is 17.4 Å². The summed E-state index contributed by atoms with van der Waals surface area (Å²) in [5.41, 5.74) is -1.03. The second-order valence-corrected chi connectivity index (χ2v) is 7.12. The molecule has 4 N–H and O–H groups in total. The van der Waals surface area contributed by atoms with Crippen LogP contribution in [0.25, 0.3) is 0 Å². The molecule has 1 aliphatic heterocycles. The minimum Gasteiger partial charge on any atom is -0.506 e. The molecule has 2 heterocycles.